The molecule has 4 heteroatoms. The van der Waals surface area contributed by atoms with Gasteiger partial charge in [-0.2, -0.15) is 0 Å². The molecular weight excluding hydrogens is 322 g/mol. The second kappa shape index (κ2) is 7.20. The van der Waals surface area contributed by atoms with E-state index >= 15 is 0 Å². The lowest BCUT2D eigenvalue weighted by Crippen LogP contribution is -1.87. The molecule has 0 saturated heterocycles. The third-order valence-electron chi connectivity index (χ3n) is 3.64. The number of aliphatic imine (C=N–C) groups is 1. The fourth-order valence-corrected chi connectivity index (χ4v) is 2.65. The molecule has 3 aromatic carbocycles. The molecule has 0 heterocycles. The molecule has 0 saturated carbocycles. The molecule has 120 valence electrons. The van der Waals surface area contributed by atoms with Crippen LogP contribution in [0.1, 0.15) is 5.56 Å². The molecule has 0 aliphatic rings. The van der Waals surface area contributed by atoms with Gasteiger partial charge in [-0.3, -0.25) is 4.99 Å². The van der Waals surface area contributed by atoms with E-state index in [2.05, 4.69) is 4.99 Å². The lowest BCUT2D eigenvalue weighted by atomic mass is 10.0. The predicted molar refractivity (Wildman–Crippen MR) is 98.8 cm³/mol. The number of benzene rings is 3. The normalized spacial score (nSPS) is 10.9. The van der Waals surface area contributed by atoms with E-state index < -0.39 is 0 Å². The highest BCUT2D eigenvalue weighted by Crippen LogP contribution is 2.32. The molecule has 0 bridgehead atoms. The molecule has 0 aromatic heterocycles. The van der Waals surface area contributed by atoms with Crippen LogP contribution in [0, 0.1) is 0 Å². The van der Waals surface area contributed by atoms with Crippen molar-refractivity contribution in [1.82, 2.24) is 0 Å². The fraction of sp³-hybridized carbons (Fsp3) is 0.0500. The van der Waals surface area contributed by atoms with E-state index in [4.69, 9.17) is 16.3 Å². The van der Waals surface area contributed by atoms with Crippen molar-refractivity contribution in [2.24, 2.45) is 4.99 Å². The minimum Gasteiger partial charge on any atom is -0.507 e. The van der Waals surface area contributed by atoms with Crippen LogP contribution >= 0.6 is 11.6 Å². The standard InChI is InChI=1S/C20H16ClNO2/c1-24-19-11-10-16(12-18(19)21)22-13-15-8-5-9-17(20(15)23)14-6-3-2-4-7-14/h2-13,23H,1H3. The predicted octanol–water partition coefficient (Wildman–Crippen LogP) is 5.47. The number of ether oxygens (including phenoxy) is 1. The lowest BCUT2D eigenvalue weighted by molar-refractivity contribution is 0.415. The first-order chi connectivity index (χ1) is 11.7. The second-order valence-corrected chi connectivity index (χ2v) is 5.59. The van der Waals surface area contributed by atoms with E-state index in [1.807, 2.05) is 48.5 Å². The summed E-state index contributed by atoms with van der Waals surface area (Å²) in [4.78, 5) is 4.38. The van der Waals surface area contributed by atoms with Gasteiger partial charge in [0.05, 0.1) is 17.8 Å². The quantitative estimate of drug-likeness (QED) is 0.641. The van der Waals surface area contributed by atoms with Crippen LogP contribution in [-0.4, -0.2) is 18.4 Å². The van der Waals surface area contributed by atoms with Crippen molar-refractivity contribution < 1.29 is 9.84 Å². The highest BCUT2D eigenvalue weighted by atomic mass is 35.5. The maximum atomic E-state index is 10.5. The van der Waals surface area contributed by atoms with Crippen molar-refractivity contribution >= 4 is 23.5 Å². The number of phenols is 1. The van der Waals surface area contributed by atoms with Crippen LogP contribution in [0.2, 0.25) is 5.02 Å². The van der Waals surface area contributed by atoms with E-state index in [9.17, 15) is 5.11 Å². The molecule has 3 aromatic rings. The van der Waals surface area contributed by atoms with Gasteiger partial charge in [0.15, 0.2) is 0 Å². The van der Waals surface area contributed by atoms with Gasteiger partial charge in [-0.05, 0) is 29.8 Å². The number of aromatic hydroxyl groups is 1. The average Bonchev–Trinajstić information content (AvgIpc) is 2.62. The largest absolute Gasteiger partial charge is 0.507 e. The van der Waals surface area contributed by atoms with Gasteiger partial charge in [0.1, 0.15) is 11.5 Å². The van der Waals surface area contributed by atoms with Gasteiger partial charge in [-0.25, -0.2) is 0 Å². The monoisotopic (exact) mass is 337 g/mol. The number of hydrogen-bond donors (Lipinski definition) is 1. The number of rotatable bonds is 4. The SMILES string of the molecule is COc1ccc(N=Cc2cccc(-c3ccccc3)c2O)cc1Cl. The molecule has 0 spiro atoms. The zero-order chi connectivity index (χ0) is 16.9. The number of para-hydroxylation sites is 1. The van der Waals surface area contributed by atoms with Crippen LogP contribution < -0.4 is 4.74 Å². The molecule has 1 N–H and O–H groups in total. The minimum atomic E-state index is 0.201. The zero-order valence-electron chi connectivity index (χ0n) is 13.1. The molecule has 0 radical (unpaired) electrons. The molecular formula is C20H16ClNO2. The molecule has 0 amide bonds. The van der Waals surface area contributed by atoms with Crippen molar-refractivity contribution in [3.05, 3.63) is 77.3 Å². The summed E-state index contributed by atoms with van der Waals surface area (Å²) < 4.78 is 5.12. The molecule has 24 heavy (non-hydrogen) atoms. The Bertz CT molecular complexity index is 876. The molecule has 0 fully saturated rings. The summed E-state index contributed by atoms with van der Waals surface area (Å²) in [5.41, 5.74) is 3.05. The summed E-state index contributed by atoms with van der Waals surface area (Å²) in [7, 11) is 1.57. The van der Waals surface area contributed by atoms with Crippen LogP contribution in [0.25, 0.3) is 11.1 Å². The number of nitrogens with zero attached hydrogens (tertiary/aromatic N) is 1. The first-order valence-electron chi connectivity index (χ1n) is 7.44. The topological polar surface area (TPSA) is 41.8 Å². The molecule has 0 atom stereocenters. The Labute approximate surface area is 145 Å². The summed E-state index contributed by atoms with van der Waals surface area (Å²) in [5, 5.41) is 11.0. The summed E-state index contributed by atoms with van der Waals surface area (Å²) in [5.74, 6) is 0.802. The zero-order valence-corrected chi connectivity index (χ0v) is 13.9. The van der Waals surface area contributed by atoms with Crippen molar-refractivity contribution in [3.8, 4) is 22.6 Å². The summed E-state index contributed by atoms with van der Waals surface area (Å²) in [6.07, 6.45) is 1.62. The Kier molecular flexibility index (Phi) is 4.82. The van der Waals surface area contributed by atoms with Gasteiger partial charge in [-0.15, -0.1) is 0 Å². The fourth-order valence-electron chi connectivity index (χ4n) is 2.40. The maximum Gasteiger partial charge on any atom is 0.137 e. The number of phenolic OH excluding ortho intramolecular Hbond substituents is 1. The Morgan fingerprint density at radius 2 is 1.79 bits per heavy atom. The number of halogens is 1. The first-order valence-corrected chi connectivity index (χ1v) is 7.82. The van der Waals surface area contributed by atoms with Gasteiger partial charge < -0.3 is 9.84 Å². The average molecular weight is 338 g/mol. The highest BCUT2D eigenvalue weighted by molar-refractivity contribution is 6.32. The molecule has 0 aliphatic heterocycles. The van der Waals surface area contributed by atoms with Crippen LogP contribution in [-0.2, 0) is 0 Å². The third kappa shape index (κ3) is 3.42. The van der Waals surface area contributed by atoms with Crippen LogP contribution in [0.5, 0.6) is 11.5 Å². The van der Waals surface area contributed by atoms with Crippen LogP contribution in [0.15, 0.2) is 71.7 Å². The van der Waals surface area contributed by atoms with Gasteiger partial charge in [0.25, 0.3) is 0 Å². The summed E-state index contributed by atoms with van der Waals surface area (Å²) >= 11 is 6.10. The summed E-state index contributed by atoms with van der Waals surface area (Å²) in [6, 6.07) is 20.6. The van der Waals surface area contributed by atoms with Crippen molar-refractivity contribution in [1.29, 1.82) is 0 Å². The lowest BCUT2D eigenvalue weighted by Gasteiger charge is -2.07. The second-order valence-electron chi connectivity index (χ2n) is 5.19. The van der Waals surface area contributed by atoms with Crippen LogP contribution in [0.4, 0.5) is 5.69 Å². The van der Waals surface area contributed by atoms with Crippen molar-refractivity contribution in [2.45, 2.75) is 0 Å². The number of hydrogen-bond acceptors (Lipinski definition) is 3. The first kappa shape index (κ1) is 16.1. The highest BCUT2D eigenvalue weighted by Gasteiger charge is 2.07. The van der Waals surface area contributed by atoms with Gasteiger partial charge in [0, 0.05) is 17.3 Å². The van der Waals surface area contributed by atoms with Crippen molar-refractivity contribution in [2.75, 3.05) is 7.11 Å². The Hall–Kier alpha value is -2.78. The van der Waals surface area contributed by atoms with Crippen LogP contribution in [0.3, 0.4) is 0 Å². The molecule has 3 nitrogen and oxygen atoms in total. The van der Waals surface area contributed by atoms with E-state index in [-0.39, 0.29) is 5.75 Å². The maximum absolute atomic E-state index is 10.5. The summed E-state index contributed by atoms with van der Waals surface area (Å²) in [6.45, 7) is 0. The Balaban J connectivity index is 1.92. The van der Waals surface area contributed by atoms with Gasteiger partial charge >= 0.3 is 0 Å². The minimum absolute atomic E-state index is 0.201. The third-order valence-corrected chi connectivity index (χ3v) is 3.94. The molecule has 0 aliphatic carbocycles. The Morgan fingerprint density at radius 3 is 2.50 bits per heavy atom. The van der Waals surface area contributed by atoms with E-state index in [1.54, 1.807) is 31.5 Å². The van der Waals surface area contributed by atoms with E-state index in [0.29, 0.717) is 22.0 Å². The number of methoxy groups -OCH3 is 1. The molecule has 0 unspecified atom stereocenters. The van der Waals surface area contributed by atoms with E-state index in [1.165, 1.54) is 0 Å². The van der Waals surface area contributed by atoms with Crippen molar-refractivity contribution in [3.63, 3.8) is 0 Å². The Morgan fingerprint density at radius 1 is 1.00 bits per heavy atom. The molecule has 3 rings (SSSR count). The van der Waals surface area contributed by atoms with E-state index in [0.717, 1.165) is 11.1 Å². The van der Waals surface area contributed by atoms with Gasteiger partial charge in [-0.1, -0.05) is 54.1 Å². The van der Waals surface area contributed by atoms with Gasteiger partial charge in [0.2, 0.25) is 0 Å². The smallest absolute Gasteiger partial charge is 0.137 e.